The Bertz CT molecular complexity index is 751. The number of hydrogen-bond acceptors (Lipinski definition) is 3. The maximum atomic E-state index is 12.6. The SMILES string of the molecule is FC(F)(F)c1ccc(C=NN2CCN(Cc3ccccc3Cl)CC2)cc1. The maximum absolute atomic E-state index is 12.6. The molecule has 2 aromatic rings. The summed E-state index contributed by atoms with van der Waals surface area (Å²) < 4.78 is 37.7. The van der Waals surface area contributed by atoms with Gasteiger partial charge in [0.15, 0.2) is 0 Å². The highest BCUT2D eigenvalue weighted by atomic mass is 35.5. The molecule has 2 aromatic carbocycles. The minimum atomic E-state index is -4.31. The van der Waals surface area contributed by atoms with Crippen LogP contribution in [0.3, 0.4) is 0 Å². The maximum Gasteiger partial charge on any atom is 0.416 e. The van der Waals surface area contributed by atoms with Crippen molar-refractivity contribution < 1.29 is 13.2 Å². The molecule has 0 unspecified atom stereocenters. The van der Waals surface area contributed by atoms with Gasteiger partial charge in [0.05, 0.1) is 11.8 Å². The molecule has 3 nitrogen and oxygen atoms in total. The van der Waals surface area contributed by atoms with Crippen molar-refractivity contribution in [2.45, 2.75) is 12.7 Å². The number of nitrogens with zero attached hydrogens (tertiary/aromatic N) is 3. The van der Waals surface area contributed by atoms with Crippen LogP contribution in [0, 0.1) is 0 Å². The summed E-state index contributed by atoms with van der Waals surface area (Å²) in [6.07, 6.45) is -2.71. The predicted molar refractivity (Wildman–Crippen MR) is 97.3 cm³/mol. The predicted octanol–water partition coefficient (Wildman–Crippen LogP) is 4.51. The summed E-state index contributed by atoms with van der Waals surface area (Å²) in [7, 11) is 0. The summed E-state index contributed by atoms with van der Waals surface area (Å²) >= 11 is 6.20. The third kappa shape index (κ3) is 4.99. The number of halogens is 4. The molecule has 0 aliphatic carbocycles. The van der Waals surface area contributed by atoms with E-state index in [-0.39, 0.29) is 0 Å². The van der Waals surface area contributed by atoms with Crippen molar-refractivity contribution in [3.63, 3.8) is 0 Å². The van der Waals surface area contributed by atoms with Crippen LogP contribution in [0.5, 0.6) is 0 Å². The fourth-order valence-electron chi connectivity index (χ4n) is 2.78. The molecule has 1 heterocycles. The molecular formula is C19H19ClF3N3. The number of hydrazone groups is 1. The summed E-state index contributed by atoms with van der Waals surface area (Å²) in [5.74, 6) is 0. The molecule has 1 fully saturated rings. The molecule has 7 heteroatoms. The monoisotopic (exact) mass is 381 g/mol. The summed E-state index contributed by atoms with van der Waals surface area (Å²) in [6.45, 7) is 4.05. The van der Waals surface area contributed by atoms with E-state index >= 15 is 0 Å². The zero-order valence-corrected chi connectivity index (χ0v) is 14.8. The van der Waals surface area contributed by atoms with E-state index in [0.717, 1.165) is 55.4 Å². The van der Waals surface area contributed by atoms with Crippen LogP contribution < -0.4 is 0 Å². The molecule has 138 valence electrons. The van der Waals surface area contributed by atoms with Crippen molar-refractivity contribution in [3.8, 4) is 0 Å². The van der Waals surface area contributed by atoms with Gasteiger partial charge in [0.1, 0.15) is 0 Å². The molecule has 0 spiro atoms. The van der Waals surface area contributed by atoms with Crippen LogP contribution in [0.15, 0.2) is 53.6 Å². The third-order valence-electron chi connectivity index (χ3n) is 4.31. The van der Waals surface area contributed by atoms with Crippen LogP contribution in [0.1, 0.15) is 16.7 Å². The first-order valence-corrected chi connectivity index (χ1v) is 8.71. The van der Waals surface area contributed by atoms with E-state index in [1.165, 1.54) is 12.1 Å². The van der Waals surface area contributed by atoms with E-state index in [1.54, 1.807) is 6.21 Å². The average molecular weight is 382 g/mol. The Balaban J connectivity index is 1.51. The Morgan fingerprint density at radius 3 is 2.23 bits per heavy atom. The number of alkyl halides is 3. The lowest BCUT2D eigenvalue weighted by atomic mass is 10.1. The first-order chi connectivity index (χ1) is 12.4. The normalized spacial score (nSPS) is 16.4. The highest BCUT2D eigenvalue weighted by Crippen LogP contribution is 2.28. The lowest BCUT2D eigenvalue weighted by molar-refractivity contribution is -0.137. The molecule has 0 radical (unpaired) electrons. The minimum Gasteiger partial charge on any atom is -0.295 e. The standard InChI is InChI=1S/C19H19ClF3N3/c20-18-4-2-1-3-16(18)14-25-9-11-26(12-10-25)24-13-15-5-7-17(8-6-15)19(21,22)23/h1-8,13H,9-12,14H2. The fourth-order valence-corrected chi connectivity index (χ4v) is 2.98. The van der Waals surface area contributed by atoms with Crippen LogP contribution in [-0.2, 0) is 12.7 Å². The molecule has 0 aromatic heterocycles. The molecule has 1 aliphatic heterocycles. The van der Waals surface area contributed by atoms with Gasteiger partial charge >= 0.3 is 6.18 Å². The number of rotatable bonds is 4. The van der Waals surface area contributed by atoms with Gasteiger partial charge in [0, 0.05) is 37.7 Å². The molecular weight excluding hydrogens is 363 g/mol. The second-order valence-corrected chi connectivity index (χ2v) is 6.59. The van der Waals surface area contributed by atoms with Crippen molar-refractivity contribution in [1.29, 1.82) is 0 Å². The van der Waals surface area contributed by atoms with Gasteiger partial charge < -0.3 is 0 Å². The van der Waals surface area contributed by atoms with Gasteiger partial charge in [-0.15, -0.1) is 0 Å². The first-order valence-electron chi connectivity index (χ1n) is 8.34. The molecule has 0 amide bonds. The zero-order valence-electron chi connectivity index (χ0n) is 14.1. The van der Waals surface area contributed by atoms with Gasteiger partial charge in [-0.05, 0) is 29.3 Å². The Hall–Kier alpha value is -2.05. The zero-order chi connectivity index (χ0) is 18.6. The van der Waals surface area contributed by atoms with Crippen molar-refractivity contribution in [2.24, 2.45) is 5.10 Å². The minimum absolute atomic E-state index is 0.650. The molecule has 0 atom stereocenters. The van der Waals surface area contributed by atoms with Gasteiger partial charge in [0.25, 0.3) is 0 Å². The molecule has 1 saturated heterocycles. The van der Waals surface area contributed by atoms with Gasteiger partial charge in [-0.2, -0.15) is 18.3 Å². The van der Waals surface area contributed by atoms with E-state index in [1.807, 2.05) is 29.3 Å². The lowest BCUT2D eigenvalue weighted by Crippen LogP contribution is -2.43. The largest absolute Gasteiger partial charge is 0.416 e. The summed E-state index contributed by atoms with van der Waals surface area (Å²) in [6, 6.07) is 12.8. The lowest BCUT2D eigenvalue weighted by Gasteiger charge is -2.33. The highest BCUT2D eigenvalue weighted by molar-refractivity contribution is 6.31. The van der Waals surface area contributed by atoms with Crippen molar-refractivity contribution in [3.05, 3.63) is 70.2 Å². The van der Waals surface area contributed by atoms with E-state index in [4.69, 9.17) is 11.6 Å². The van der Waals surface area contributed by atoms with Crippen LogP contribution in [0.4, 0.5) is 13.2 Å². The van der Waals surface area contributed by atoms with Crippen molar-refractivity contribution in [1.82, 2.24) is 9.91 Å². The average Bonchev–Trinajstić information content (AvgIpc) is 2.63. The van der Waals surface area contributed by atoms with E-state index in [2.05, 4.69) is 10.0 Å². The molecule has 0 bridgehead atoms. The van der Waals surface area contributed by atoms with Gasteiger partial charge in [-0.3, -0.25) is 9.91 Å². The second-order valence-electron chi connectivity index (χ2n) is 6.19. The smallest absolute Gasteiger partial charge is 0.295 e. The van der Waals surface area contributed by atoms with Crippen LogP contribution in [0.25, 0.3) is 0 Å². The summed E-state index contributed by atoms with van der Waals surface area (Å²) in [5, 5.41) is 7.08. The van der Waals surface area contributed by atoms with E-state index in [0.29, 0.717) is 5.56 Å². The Morgan fingerprint density at radius 1 is 0.962 bits per heavy atom. The molecule has 1 aliphatic rings. The Labute approximate surface area is 155 Å². The summed E-state index contributed by atoms with van der Waals surface area (Å²) in [4.78, 5) is 2.31. The Kier molecular flexibility index (Phi) is 5.84. The number of hydrogen-bond donors (Lipinski definition) is 0. The molecule has 0 N–H and O–H groups in total. The van der Waals surface area contributed by atoms with E-state index in [9.17, 15) is 13.2 Å². The Morgan fingerprint density at radius 2 is 1.62 bits per heavy atom. The summed E-state index contributed by atoms with van der Waals surface area (Å²) in [5.41, 5.74) is 1.11. The number of piperazine rings is 1. The van der Waals surface area contributed by atoms with Gasteiger partial charge in [-0.1, -0.05) is 41.9 Å². The molecule has 0 saturated carbocycles. The third-order valence-corrected chi connectivity index (χ3v) is 4.68. The fraction of sp³-hybridized carbons (Fsp3) is 0.316. The van der Waals surface area contributed by atoms with Crippen LogP contribution in [0.2, 0.25) is 5.02 Å². The highest BCUT2D eigenvalue weighted by Gasteiger charge is 2.29. The number of benzene rings is 2. The van der Waals surface area contributed by atoms with E-state index < -0.39 is 11.7 Å². The molecule has 3 rings (SSSR count). The van der Waals surface area contributed by atoms with Gasteiger partial charge in [-0.25, -0.2) is 0 Å². The van der Waals surface area contributed by atoms with Crippen molar-refractivity contribution in [2.75, 3.05) is 26.2 Å². The van der Waals surface area contributed by atoms with Crippen LogP contribution >= 0.6 is 11.6 Å². The molecule has 26 heavy (non-hydrogen) atoms. The quantitative estimate of drug-likeness (QED) is 0.726. The first kappa shape index (κ1) is 18.7. The topological polar surface area (TPSA) is 18.8 Å². The van der Waals surface area contributed by atoms with Crippen molar-refractivity contribution >= 4 is 17.8 Å². The van der Waals surface area contributed by atoms with Crippen LogP contribution in [-0.4, -0.2) is 42.3 Å². The van der Waals surface area contributed by atoms with Gasteiger partial charge in [0.2, 0.25) is 0 Å². The second kappa shape index (κ2) is 8.10.